The molecular formula is C17H18N2O4. The molecule has 0 radical (unpaired) electrons. The Balaban J connectivity index is 2.10. The van der Waals surface area contributed by atoms with Crippen LogP contribution < -0.4 is 10.1 Å². The normalized spacial score (nSPS) is 11.6. The molecule has 0 spiro atoms. The van der Waals surface area contributed by atoms with Crippen LogP contribution in [0.3, 0.4) is 0 Å². The summed E-state index contributed by atoms with van der Waals surface area (Å²) in [6.07, 6.45) is 1.01. The summed E-state index contributed by atoms with van der Waals surface area (Å²) in [5.74, 6) is 0.191. The van der Waals surface area contributed by atoms with E-state index in [1.165, 1.54) is 18.2 Å². The quantitative estimate of drug-likeness (QED) is 0.645. The van der Waals surface area contributed by atoms with E-state index in [2.05, 4.69) is 5.32 Å². The van der Waals surface area contributed by atoms with Gasteiger partial charge in [-0.05, 0) is 43.7 Å². The van der Waals surface area contributed by atoms with Crippen LogP contribution in [0.1, 0.15) is 30.6 Å². The molecule has 0 bridgehead atoms. The molecule has 0 saturated carbocycles. The van der Waals surface area contributed by atoms with Crippen LogP contribution in [-0.2, 0) is 0 Å². The maximum atomic E-state index is 12.2. The fraction of sp³-hybridized carbons (Fsp3) is 0.235. The van der Waals surface area contributed by atoms with Crippen molar-refractivity contribution >= 4 is 17.3 Å². The number of benzene rings is 2. The summed E-state index contributed by atoms with van der Waals surface area (Å²) in [5.41, 5.74) is 0.351. The number of nitro groups is 1. The lowest BCUT2D eigenvalue weighted by molar-refractivity contribution is -0.385. The van der Waals surface area contributed by atoms with E-state index >= 15 is 0 Å². The third kappa shape index (κ3) is 4.29. The molecule has 0 aromatic heterocycles. The van der Waals surface area contributed by atoms with E-state index in [4.69, 9.17) is 4.74 Å². The Labute approximate surface area is 134 Å². The lowest BCUT2D eigenvalue weighted by Gasteiger charge is -2.13. The first-order valence-corrected chi connectivity index (χ1v) is 7.32. The number of amides is 1. The smallest absolute Gasteiger partial charge is 0.282 e. The molecule has 0 heterocycles. The minimum absolute atomic E-state index is 0.0254. The molecule has 0 aliphatic heterocycles. The first kappa shape index (κ1) is 16.5. The highest BCUT2D eigenvalue weighted by molar-refractivity contribution is 6.07. The maximum Gasteiger partial charge on any atom is 0.282 e. The number of carbonyl (C=O) groups excluding carboxylic acids is 1. The number of hydrogen-bond donors (Lipinski definition) is 1. The summed E-state index contributed by atoms with van der Waals surface area (Å²) >= 11 is 0. The zero-order chi connectivity index (χ0) is 16.8. The largest absolute Gasteiger partial charge is 0.491 e. The van der Waals surface area contributed by atoms with Crippen LogP contribution in [0.25, 0.3) is 0 Å². The number of nitro benzene ring substituents is 1. The summed E-state index contributed by atoms with van der Waals surface area (Å²) in [6, 6.07) is 12.7. The van der Waals surface area contributed by atoms with E-state index < -0.39 is 10.8 Å². The monoisotopic (exact) mass is 314 g/mol. The lowest BCUT2D eigenvalue weighted by Crippen LogP contribution is -2.14. The van der Waals surface area contributed by atoms with Gasteiger partial charge in [0.05, 0.1) is 11.0 Å². The predicted octanol–water partition coefficient (Wildman–Crippen LogP) is 4.02. The van der Waals surface area contributed by atoms with Crippen molar-refractivity contribution in [2.24, 2.45) is 0 Å². The van der Waals surface area contributed by atoms with E-state index in [1.807, 2.05) is 13.8 Å². The highest BCUT2D eigenvalue weighted by Crippen LogP contribution is 2.21. The van der Waals surface area contributed by atoms with Gasteiger partial charge in [0.15, 0.2) is 0 Å². The molecule has 1 amide bonds. The fourth-order valence-electron chi connectivity index (χ4n) is 1.96. The highest BCUT2D eigenvalue weighted by Gasteiger charge is 2.19. The van der Waals surface area contributed by atoms with Gasteiger partial charge in [-0.15, -0.1) is 0 Å². The van der Waals surface area contributed by atoms with Crippen LogP contribution in [0.5, 0.6) is 5.75 Å². The SMILES string of the molecule is CCC(C)Oc1ccc(NC(=O)c2ccccc2[N+](=O)[O-])cc1. The summed E-state index contributed by atoms with van der Waals surface area (Å²) < 4.78 is 5.66. The van der Waals surface area contributed by atoms with Crippen LogP contribution in [0, 0.1) is 10.1 Å². The first-order chi connectivity index (χ1) is 11.0. The van der Waals surface area contributed by atoms with Crippen molar-refractivity contribution in [2.75, 3.05) is 5.32 Å². The molecule has 0 aliphatic rings. The molecule has 1 atom stereocenters. The summed E-state index contributed by atoms with van der Waals surface area (Å²) in [7, 11) is 0. The molecule has 6 nitrogen and oxygen atoms in total. The topological polar surface area (TPSA) is 81.5 Å². The van der Waals surface area contributed by atoms with Gasteiger partial charge >= 0.3 is 0 Å². The Kier molecular flexibility index (Phi) is 5.30. The molecule has 1 unspecified atom stereocenters. The van der Waals surface area contributed by atoms with E-state index in [0.717, 1.165) is 6.42 Å². The standard InChI is InChI=1S/C17H18N2O4/c1-3-12(2)23-14-10-8-13(9-11-14)18-17(20)15-6-4-5-7-16(15)19(21)22/h4-12H,3H2,1-2H3,(H,18,20). The molecule has 2 rings (SSSR count). The van der Waals surface area contributed by atoms with Crippen molar-refractivity contribution in [1.82, 2.24) is 0 Å². The number of rotatable bonds is 6. The van der Waals surface area contributed by atoms with Crippen molar-refractivity contribution < 1.29 is 14.5 Å². The summed E-state index contributed by atoms with van der Waals surface area (Å²) in [4.78, 5) is 22.6. The molecule has 2 aromatic rings. The minimum Gasteiger partial charge on any atom is -0.491 e. The minimum atomic E-state index is -0.571. The third-order valence-electron chi connectivity index (χ3n) is 3.37. The zero-order valence-electron chi connectivity index (χ0n) is 13.0. The van der Waals surface area contributed by atoms with E-state index in [9.17, 15) is 14.9 Å². The average molecular weight is 314 g/mol. The molecule has 0 fully saturated rings. The van der Waals surface area contributed by atoms with Crippen molar-refractivity contribution in [1.29, 1.82) is 0 Å². The van der Waals surface area contributed by atoms with E-state index in [0.29, 0.717) is 11.4 Å². The van der Waals surface area contributed by atoms with Crippen LogP contribution in [0.2, 0.25) is 0 Å². The van der Waals surface area contributed by atoms with Crippen LogP contribution in [-0.4, -0.2) is 16.9 Å². The Morgan fingerprint density at radius 2 is 1.87 bits per heavy atom. The number of anilines is 1. The van der Waals surface area contributed by atoms with Gasteiger partial charge in [-0.2, -0.15) is 0 Å². The number of hydrogen-bond acceptors (Lipinski definition) is 4. The van der Waals surface area contributed by atoms with Crippen LogP contribution in [0.4, 0.5) is 11.4 Å². The van der Waals surface area contributed by atoms with Crippen molar-refractivity contribution in [3.8, 4) is 5.75 Å². The van der Waals surface area contributed by atoms with Gasteiger partial charge in [-0.3, -0.25) is 14.9 Å². The first-order valence-electron chi connectivity index (χ1n) is 7.32. The van der Waals surface area contributed by atoms with Gasteiger partial charge in [-0.1, -0.05) is 19.1 Å². The fourth-order valence-corrected chi connectivity index (χ4v) is 1.96. The van der Waals surface area contributed by atoms with Gasteiger partial charge in [-0.25, -0.2) is 0 Å². The van der Waals surface area contributed by atoms with Crippen LogP contribution >= 0.6 is 0 Å². The molecule has 0 saturated heterocycles. The van der Waals surface area contributed by atoms with Crippen LogP contribution in [0.15, 0.2) is 48.5 Å². The van der Waals surface area contributed by atoms with Gasteiger partial charge in [0, 0.05) is 11.8 Å². The molecule has 6 heteroatoms. The molecule has 1 N–H and O–H groups in total. The third-order valence-corrected chi connectivity index (χ3v) is 3.37. The Hall–Kier alpha value is -2.89. The number of carbonyl (C=O) groups is 1. The van der Waals surface area contributed by atoms with Crippen molar-refractivity contribution in [3.63, 3.8) is 0 Å². The van der Waals surface area contributed by atoms with E-state index in [-0.39, 0.29) is 17.4 Å². The highest BCUT2D eigenvalue weighted by atomic mass is 16.6. The Morgan fingerprint density at radius 3 is 2.48 bits per heavy atom. The summed E-state index contributed by atoms with van der Waals surface area (Å²) in [6.45, 7) is 4.01. The lowest BCUT2D eigenvalue weighted by atomic mass is 10.1. The van der Waals surface area contributed by atoms with E-state index in [1.54, 1.807) is 30.3 Å². The Morgan fingerprint density at radius 1 is 1.22 bits per heavy atom. The molecule has 2 aromatic carbocycles. The molecule has 0 aliphatic carbocycles. The van der Waals surface area contributed by atoms with Gasteiger partial charge in [0.25, 0.3) is 11.6 Å². The Bertz CT molecular complexity index is 698. The predicted molar refractivity (Wildman–Crippen MR) is 87.9 cm³/mol. The second-order valence-corrected chi connectivity index (χ2v) is 5.09. The molecule has 23 heavy (non-hydrogen) atoms. The maximum absolute atomic E-state index is 12.2. The van der Waals surface area contributed by atoms with Crippen molar-refractivity contribution in [3.05, 3.63) is 64.2 Å². The molecule has 120 valence electrons. The number of nitrogens with zero attached hydrogens (tertiary/aromatic N) is 1. The van der Waals surface area contributed by atoms with Gasteiger partial charge in [0.2, 0.25) is 0 Å². The number of ether oxygens (including phenoxy) is 1. The zero-order valence-corrected chi connectivity index (χ0v) is 13.0. The van der Waals surface area contributed by atoms with Gasteiger partial charge in [0.1, 0.15) is 11.3 Å². The average Bonchev–Trinajstić information content (AvgIpc) is 2.56. The van der Waals surface area contributed by atoms with Crippen molar-refractivity contribution in [2.45, 2.75) is 26.4 Å². The number of nitrogens with one attached hydrogen (secondary N) is 1. The number of para-hydroxylation sites is 1. The van der Waals surface area contributed by atoms with Gasteiger partial charge < -0.3 is 10.1 Å². The molecular weight excluding hydrogens is 296 g/mol. The second-order valence-electron chi connectivity index (χ2n) is 5.09. The second kappa shape index (κ2) is 7.40. The summed E-state index contributed by atoms with van der Waals surface area (Å²) in [5, 5.41) is 13.6.